The lowest BCUT2D eigenvalue weighted by Gasteiger charge is -2.36. The molecule has 2 aromatic rings. The molecule has 0 radical (unpaired) electrons. The zero-order chi connectivity index (χ0) is 28.0. The highest BCUT2D eigenvalue weighted by atomic mass is 32.1. The lowest BCUT2D eigenvalue weighted by atomic mass is 9.72. The van der Waals surface area contributed by atoms with E-state index in [4.69, 9.17) is 21.7 Å². The molecule has 4 rings (SSSR count). The van der Waals surface area contributed by atoms with Crippen LogP contribution in [0, 0.1) is 5.41 Å². The summed E-state index contributed by atoms with van der Waals surface area (Å²) in [5.74, 6) is 0.731. The average Bonchev–Trinajstić information content (AvgIpc) is 3.11. The van der Waals surface area contributed by atoms with Gasteiger partial charge in [-0.2, -0.15) is 26.3 Å². The van der Waals surface area contributed by atoms with Crippen LogP contribution in [-0.4, -0.2) is 29.8 Å². The van der Waals surface area contributed by atoms with Crippen molar-refractivity contribution in [1.82, 2.24) is 4.90 Å². The van der Waals surface area contributed by atoms with Crippen molar-refractivity contribution in [1.29, 1.82) is 0 Å². The first kappa shape index (κ1) is 28.3. The molecule has 1 fully saturated rings. The topological polar surface area (TPSA) is 21.7 Å². The number of methoxy groups -OCH3 is 1. The van der Waals surface area contributed by atoms with Crippen molar-refractivity contribution >= 4 is 23.0 Å². The van der Waals surface area contributed by atoms with Gasteiger partial charge in [0.25, 0.3) is 5.17 Å². The van der Waals surface area contributed by atoms with Crippen LogP contribution in [0.4, 0.5) is 26.3 Å². The molecule has 0 N–H and O–H groups in total. The van der Waals surface area contributed by atoms with E-state index in [1.807, 2.05) is 24.3 Å². The van der Waals surface area contributed by atoms with Gasteiger partial charge in [-0.05, 0) is 84.8 Å². The SMILES string of the molecule is COc1ccccc1C1=C(CN2C(=S)O[C@H](c3cc(C(F)(F)F)cc(C(F)(F)F)c3)[C@@H]2C)CC(C)(C)CC1. The van der Waals surface area contributed by atoms with Crippen LogP contribution in [0.15, 0.2) is 48.0 Å². The van der Waals surface area contributed by atoms with Crippen LogP contribution in [0.5, 0.6) is 5.75 Å². The van der Waals surface area contributed by atoms with Gasteiger partial charge in [-0.1, -0.05) is 32.0 Å². The van der Waals surface area contributed by atoms with Gasteiger partial charge < -0.3 is 14.4 Å². The van der Waals surface area contributed by atoms with Gasteiger partial charge in [0.15, 0.2) is 0 Å². The molecule has 1 heterocycles. The Morgan fingerprint density at radius 1 is 1.03 bits per heavy atom. The molecule has 3 nitrogen and oxygen atoms in total. The highest BCUT2D eigenvalue weighted by Gasteiger charge is 2.43. The molecule has 2 aliphatic rings. The Labute approximate surface area is 223 Å². The molecule has 0 unspecified atom stereocenters. The number of ether oxygens (including phenoxy) is 2. The third kappa shape index (κ3) is 5.80. The third-order valence-electron chi connectivity index (χ3n) is 7.29. The van der Waals surface area contributed by atoms with Crippen LogP contribution in [0.2, 0.25) is 0 Å². The zero-order valence-electron chi connectivity index (χ0n) is 21.5. The van der Waals surface area contributed by atoms with Gasteiger partial charge in [0.2, 0.25) is 0 Å². The van der Waals surface area contributed by atoms with Crippen LogP contribution in [0.25, 0.3) is 5.57 Å². The van der Waals surface area contributed by atoms with Gasteiger partial charge in [0.05, 0.1) is 24.3 Å². The monoisotopic (exact) mass is 557 g/mol. The lowest BCUT2D eigenvalue weighted by molar-refractivity contribution is -0.143. The van der Waals surface area contributed by atoms with Crippen molar-refractivity contribution in [2.45, 2.75) is 64.5 Å². The van der Waals surface area contributed by atoms with Gasteiger partial charge in [0.1, 0.15) is 11.9 Å². The van der Waals surface area contributed by atoms with E-state index < -0.39 is 35.6 Å². The Bertz CT molecular complexity index is 1220. The zero-order valence-corrected chi connectivity index (χ0v) is 22.3. The molecule has 0 aromatic heterocycles. The van der Waals surface area contributed by atoms with E-state index in [9.17, 15) is 26.3 Å². The molecule has 2 atom stereocenters. The fraction of sp³-hybridized carbons (Fsp3) is 0.464. The summed E-state index contributed by atoms with van der Waals surface area (Å²) in [4.78, 5) is 1.75. The largest absolute Gasteiger partial charge is 0.496 e. The summed E-state index contributed by atoms with van der Waals surface area (Å²) in [7, 11) is 1.60. The summed E-state index contributed by atoms with van der Waals surface area (Å²) in [6.45, 7) is 6.38. The normalized spacial score (nSPS) is 22.1. The first-order valence-corrected chi connectivity index (χ1v) is 12.6. The van der Waals surface area contributed by atoms with Gasteiger partial charge in [-0.15, -0.1) is 0 Å². The minimum atomic E-state index is -4.94. The van der Waals surface area contributed by atoms with Crippen LogP contribution in [0.1, 0.15) is 68.4 Å². The number of hydrogen-bond donors (Lipinski definition) is 0. The average molecular weight is 558 g/mol. The second kappa shape index (κ2) is 10.1. The van der Waals surface area contributed by atoms with E-state index >= 15 is 0 Å². The Kier molecular flexibility index (Phi) is 7.51. The van der Waals surface area contributed by atoms with Crippen molar-refractivity contribution in [3.05, 3.63) is 70.3 Å². The highest BCUT2D eigenvalue weighted by molar-refractivity contribution is 7.80. The molecule has 2 aromatic carbocycles. The summed E-state index contributed by atoms with van der Waals surface area (Å²) < 4.78 is 92.1. The molecule has 206 valence electrons. The van der Waals surface area contributed by atoms with Gasteiger partial charge >= 0.3 is 12.4 Å². The predicted octanol–water partition coefficient (Wildman–Crippen LogP) is 8.44. The van der Waals surface area contributed by atoms with E-state index in [0.29, 0.717) is 18.7 Å². The van der Waals surface area contributed by atoms with Gasteiger partial charge in [-0.25, -0.2) is 0 Å². The standard InChI is InChI=1S/C28H29F6NO2S/c1-16-24(17-11-19(27(29,30)31)13-20(12-17)28(32,33)34)37-25(38)35(16)15-18-14-26(2,3)10-9-21(18)22-7-5-6-8-23(22)36-4/h5-8,11-13,16,24H,9-10,14-15H2,1-4H3/t16-,24-/m0/s1. The summed E-state index contributed by atoms with van der Waals surface area (Å²) in [6, 6.07) is 8.63. The Morgan fingerprint density at radius 3 is 2.21 bits per heavy atom. The molecule has 38 heavy (non-hydrogen) atoms. The number of para-hydroxylation sites is 1. The van der Waals surface area contributed by atoms with Crippen LogP contribution < -0.4 is 4.74 Å². The number of halogens is 6. The quantitative estimate of drug-likeness (QED) is 0.272. The molecular formula is C28H29F6NO2S. The smallest absolute Gasteiger partial charge is 0.416 e. The molecule has 1 aliphatic carbocycles. The van der Waals surface area contributed by atoms with Crippen molar-refractivity contribution in [2.24, 2.45) is 5.41 Å². The molecule has 10 heteroatoms. The van der Waals surface area contributed by atoms with Crippen molar-refractivity contribution in [2.75, 3.05) is 13.7 Å². The summed E-state index contributed by atoms with van der Waals surface area (Å²) in [6.07, 6.45) is -8.48. The number of thiocarbonyl (C=S) groups is 1. The third-order valence-corrected chi connectivity index (χ3v) is 7.63. The van der Waals surface area contributed by atoms with E-state index in [0.717, 1.165) is 41.7 Å². The van der Waals surface area contributed by atoms with Crippen molar-refractivity contribution in [3.63, 3.8) is 0 Å². The number of hydrogen-bond acceptors (Lipinski definition) is 3. The summed E-state index contributed by atoms with van der Waals surface area (Å²) in [5.41, 5.74) is 0.197. The van der Waals surface area contributed by atoms with E-state index in [1.54, 1.807) is 18.9 Å². The fourth-order valence-electron chi connectivity index (χ4n) is 5.29. The molecule has 0 amide bonds. The second-order valence-electron chi connectivity index (χ2n) is 10.6. The predicted molar refractivity (Wildman–Crippen MR) is 137 cm³/mol. The van der Waals surface area contributed by atoms with Crippen LogP contribution >= 0.6 is 12.2 Å². The summed E-state index contributed by atoms with van der Waals surface area (Å²) in [5, 5.41) is 0.0451. The lowest BCUT2D eigenvalue weighted by Crippen LogP contribution is -2.35. The fourth-order valence-corrected chi connectivity index (χ4v) is 5.63. The molecule has 0 bridgehead atoms. The van der Waals surface area contributed by atoms with Gasteiger partial charge in [-0.3, -0.25) is 0 Å². The maximum atomic E-state index is 13.5. The Hall–Kier alpha value is -2.75. The molecular weight excluding hydrogens is 528 g/mol. The molecule has 1 saturated heterocycles. The Morgan fingerprint density at radius 2 is 1.63 bits per heavy atom. The van der Waals surface area contributed by atoms with Crippen molar-refractivity contribution in [3.8, 4) is 5.75 Å². The summed E-state index contributed by atoms with van der Waals surface area (Å²) >= 11 is 5.45. The van der Waals surface area contributed by atoms with E-state index in [2.05, 4.69) is 13.8 Å². The highest BCUT2D eigenvalue weighted by Crippen LogP contribution is 2.46. The number of benzene rings is 2. The number of allylic oxidation sites excluding steroid dienone is 1. The molecule has 0 saturated carbocycles. The first-order chi connectivity index (χ1) is 17.6. The molecule has 1 aliphatic heterocycles. The minimum absolute atomic E-state index is 0.00827. The van der Waals surface area contributed by atoms with Crippen molar-refractivity contribution < 1.29 is 35.8 Å². The number of rotatable bonds is 5. The number of alkyl halides is 6. The maximum absolute atomic E-state index is 13.5. The van der Waals surface area contributed by atoms with Gasteiger partial charge in [0, 0.05) is 12.1 Å². The van der Waals surface area contributed by atoms with Crippen LogP contribution in [0.3, 0.4) is 0 Å². The number of nitrogens with zero attached hydrogens (tertiary/aromatic N) is 1. The second-order valence-corrected chi connectivity index (χ2v) is 11.0. The first-order valence-electron chi connectivity index (χ1n) is 12.2. The maximum Gasteiger partial charge on any atom is 0.416 e. The molecule has 0 spiro atoms. The minimum Gasteiger partial charge on any atom is -0.496 e. The van der Waals surface area contributed by atoms with E-state index in [-0.39, 0.29) is 22.2 Å². The van der Waals surface area contributed by atoms with Crippen LogP contribution in [-0.2, 0) is 17.1 Å². The Balaban J connectivity index is 1.71. The van der Waals surface area contributed by atoms with E-state index in [1.165, 1.54) is 0 Å².